The first-order valence-electron chi connectivity index (χ1n) is 6.59. The second-order valence-electron chi connectivity index (χ2n) is 4.43. The minimum Gasteiger partial charge on any atom is -0.321 e. The maximum Gasteiger partial charge on any atom is 0.266 e. The topological polar surface area (TPSA) is 52.9 Å². The Morgan fingerprint density at radius 3 is 2.59 bits per heavy atom. The SMILES string of the molecule is N#C/C(=C/C=C/c1ccccc1)C(=O)Nc1cccc(Br)c1. The van der Waals surface area contributed by atoms with Crippen molar-refractivity contribution in [2.45, 2.75) is 0 Å². The van der Waals surface area contributed by atoms with E-state index in [-0.39, 0.29) is 5.57 Å². The highest BCUT2D eigenvalue weighted by atomic mass is 79.9. The molecule has 0 spiro atoms. The maximum absolute atomic E-state index is 12.0. The van der Waals surface area contributed by atoms with Crippen LogP contribution in [0.25, 0.3) is 6.08 Å². The molecule has 22 heavy (non-hydrogen) atoms. The summed E-state index contributed by atoms with van der Waals surface area (Å²) in [5.74, 6) is -0.432. The number of rotatable bonds is 4. The quantitative estimate of drug-likeness (QED) is 0.498. The second-order valence-corrected chi connectivity index (χ2v) is 5.34. The number of hydrogen-bond acceptors (Lipinski definition) is 2. The summed E-state index contributed by atoms with van der Waals surface area (Å²) in [6, 6.07) is 18.8. The maximum atomic E-state index is 12.0. The van der Waals surface area contributed by atoms with Crippen molar-refractivity contribution in [1.29, 1.82) is 5.26 Å². The van der Waals surface area contributed by atoms with Gasteiger partial charge >= 0.3 is 0 Å². The van der Waals surface area contributed by atoms with Crippen LogP contribution in [-0.2, 0) is 4.79 Å². The number of benzene rings is 2. The van der Waals surface area contributed by atoms with Gasteiger partial charge in [-0.2, -0.15) is 5.26 Å². The van der Waals surface area contributed by atoms with Gasteiger partial charge < -0.3 is 5.32 Å². The lowest BCUT2D eigenvalue weighted by Crippen LogP contribution is -2.13. The van der Waals surface area contributed by atoms with Crippen LogP contribution >= 0.6 is 15.9 Å². The van der Waals surface area contributed by atoms with Crippen molar-refractivity contribution in [2.75, 3.05) is 5.32 Å². The molecule has 0 aromatic heterocycles. The molecule has 3 nitrogen and oxygen atoms in total. The van der Waals surface area contributed by atoms with Crippen LogP contribution in [0.3, 0.4) is 0 Å². The number of carbonyl (C=O) groups is 1. The summed E-state index contributed by atoms with van der Waals surface area (Å²) in [4.78, 5) is 12.0. The molecule has 0 aliphatic heterocycles. The Kier molecular flexibility index (Phi) is 5.70. The Balaban J connectivity index is 2.07. The fourth-order valence-electron chi connectivity index (χ4n) is 1.75. The minimum absolute atomic E-state index is 0.0483. The number of nitrogens with one attached hydrogen (secondary N) is 1. The summed E-state index contributed by atoms with van der Waals surface area (Å²) in [6.07, 6.45) is 5.03. The third kappa shape index (κ3) is 4.72. The summed E-state index contributed by atoms with van der Waals surface area (Å²) in [5.41, 5.74) is 1.68. The summed E-state index contributed by atoms with van der Waals surface area (Å²) in [6.45, 7) is 0. The van der Waals surface area contributed by atoms with Crippen molar-refractivity contribution < 1.29 is 4.79 Å². The van der Waals surface area contributed by atoms with Crippen LogP contribution in [0.1, 0.15) is 5.56 Å². The molecule has 0 bridgehead atoms. The Morgan fingerprint density at radius 2 is 1.91 bits per heavy atom. The molecule has 2 rings (SSSR count). The van der Waals surface area contributed by atoms with Gasteiger partial charge in [-0.15, -0.1) is 0 Å². The first-order chi connectivity index (χ1) is 10.7. The number of anilines is 1. The highest BCUT2D eigenvalue weighted by Crippen LogP contribution is 2.16. The smallest absolute Gasteiger partial charge is 0.266 e. The lowest BCUT2D eigenvalue weighted by molar-refractivity contribution is -0.112. The molecule has 2 aromatic carbocycles. The van der Waals surface area contributed by atoms with Gasteiger partial charge in [0.15, 0.2) is 0 Å². The van der Waals surface area contributed by atoms with Gasteiger partial charge in [0, 0.05) is 10.2 Å². The van der Waals surface area contributed by atoms with E-state index in [4.69, 9.17) is 5.26 Å². The van der Waals surface area contributed by atoms with Crippen molar-refractivity contribution >= 4 is 33.6 Å². The van der Waals surface area contributed by atoms with Gasteiger partial charge in [0.2, 0.25) is 0 Å². The first kappa shape index (κ1) is 15.7. The molecule has 0 heterocycles. The zero-order valence-corrected chi connectivity index (χ0v) is 13.2. The highest BCUT2D eigenvalue weighted by Gasteiger charge is 2.08. The van der Waals surface area contributed by atoms with Gasteiger partial charge in [-0.3, -0.25) is 4.79 Å². The normalized spacial score (nSPS) is 11.2. The van der Waals surface area contributed by atoms with E-state index in [1.54, 1.807) is 18.2 Å². The predicted molar refractivity (Wildman–Crippen MR) is 91.9 cm³/mol. The summed E-state index contributed by atoms with van der Waals surface area (Å²) in [5, 5.41) is 11.8. The highest BCUT2D eigenvalue weighted by molar-refractivity contribution is 9.10. The van der Waals surface area contributed by atoms with Crippen LogP contribution in [-0.4, -0.2) is 5.91 Å². The molecule has 0 radical (unpaired) electrons. The van der Waals surface area contributed by atoms with Gasteiger partial charge in [0.05, 0.1) is 0 Å². The number of halogens is 1. The number of amides is 1. The zero-order chi connectivity index (χ0) is 15.8. The Labute approximate surface area is 137 Å². The molecule has 4 heteroatoms. The molecular formula is C18H13BrN2O. The molecule has 2 aromatic rings. The number of hydrogen-bond donors (Lipinski definition) is 1. The predicted octanol–water partition coefficient (Wildman–Crippen LogP) is 4.55. The Bertz CT molecular complexity index is 758. The molecule has 0 aliphatic rings. The standard InChI is InChI=1S/C18H13BrN2O/c19-16-10-5-11-17(12-16)21-18(22)15(13-20)9-4-8-14-6-2-1-3-7-14/h1-12H,(H,21,22)/b8-4+,15-9-. The Hall–Kier alpha value is -2.64. The van der Waals surface area contributed by atoms with E-state index in [0.29, 0.717) is 5.69 Å². The number of nitriles is 1. The molecular weight excluding hydrogens is 340 g/mol. The van der Waals surface area contributed by atoms with E-state index < -0.39 is 5.91 Å². The van der Waals surface area contributed by atoms with Gasteiger partial charge in [-0.05, 0) is 29.8 Å². The zero-order valence-electron chi connectivity index (χ0n) is 11.7. The van der Waals surface area contributed by atoms with E-state index in [0.717, 1.165) is 10.0 Å². The number of carbonyl (C=O) groups excluding carboxylic acids is 1. The number of nitrogens with zero attached hydrogens (tertiary/aromatic N) is 1. The minimum atomic E-state index is -0.432. The van der Waals surface area contributed by atoms with Crippen LogP contribution < -0.4 is 5.32 Å². The first-order valence-corrected chi connectivity index (χ1v) is 7.39. The molecule has 0 saturated carbocycles. The fraction of sp³-hybridized carbons (Fsp3) is 0. The molecule has 0 fully saturated rings. The Morgan fingerprint density at radius 1 is 1.14 bits per heavy atom. The molecule has 0 saturated heterocycles. The molecule has 0 atom stereocenters. The van der Waals surface area contributed by atoms with Crippen molar-refractivity contribution in [3.05, 3.63) is 82.4 Å². The van der Waals surface area contributed by atoms with Crippen molar-refractivity contribution in [3.63, 3.8) is 0 Å². The van der Waals surface area contributed by atoms with Gasteiger partial charge in [-0.1, -0.05) is 64.5 Å². The summed E-state index contributed by atoms with van der Waals surface area (Å²) < 4.78 is 0.858. The monoisotopic (exact) mass is 352 g/mol. The molecule has 0 aliphatic carbocycles. The van der Waals surface area contributed by atoms with Crippen molar-refractivity contribution in [1.82, 2.24) is 0 Å². The van der Waals surface area contributed by atoms with E-state index >= 15 is 0 Å². The lowest BCUT2D eigenvalue weighted by Gasteiger charge is -2.03. The summed E-state index contributed by atoms with van der Waals surface area (Å²) >= 11 is 3.33. The van der Waals surface area contributed by atoms with Gasteiger partial charge in [0.1, 0.15) is 11.6 Å². The van der Waals surface area contributed by atoms with E-state index in [9.17, 15) is 4.79 Å². The van der Waals surface area contributed by atoms with E-state index in [1.807, 2.05) is 54.6 Å². The van der Waals surface area contributed by atoms with Crippen molar-refractivity contribution in [3.8, 4) is 6.07 Å². The van der Waals surface area contributed by atoms with Crippen molar-refractivity contribution in [2.24, 2.45) is 0 Å². The third-order valence-corrected chi connectivity index (χ3v) is 3.29. The van der Waals surface area contributed by atoms with Crippen LogP contribution in [0.4, 0.5) is 5.69 Å². The molecule has 1 N–H and O–H groups in total. The van der Waals surface area contributed by atoms with Crippen LogP contribution in [0.15, 0.2) is 76.8 Å². The van der Waals surface area contributed by atoms with Crippen LogP contribution in [0.5, 0.6) is 0 Å². The van der Waals surface area contributed by atoms with E-state index in [1.165, 1.54) is 6.08 Å². The molecule has 0 unspecified atom stereocenters. The average molecular weight is 353 g/mol. The van der Waals surface area contributed by atoms with Gasteiger partial charge in [-0.25, -0.2) is 0 Å². The summed E-state index contributed by atoms with van der Waals surface area (Å²) in [7, 11) is 0. The van der Waals surface area contributed by atoms with E-state index in [2.05, 4.69) is 21.2 Å². The van der Waals surface area contributed by atoms with Gasteiger partial charge in [0.25, 0.3) is 5.91 Å². The number of allylic oxidation sites excluding steroid dienone is 2. The van der Waals surface area contributed by atoms with Crippen LogP contribution in [0, 0.1) is 11.3 Å². The average Bonchev–Trinajstić information content (AvgIpc) is 2.52. The second kappa shape index (κ2) is 7.96. The third-order valence-electron chi connectivity index (χ3n) is 2.80. The molecule has 108 valence electrons. The molecule has 1 amide bonds. The lowest BCUT2D eigenvalue weighted by atomic mass is 10.2. The fourth-order valence-corrected chi connectivity index (χ4v) is 2.15. The van der Waals surface area contributed by atoms with Crippen LogP contribution in [0.2, 0.25) is 0 Å². The largest absolute Gasteiger partial charge is 0.321 e.